The van der Waals surface area contributed by atoms with Crippen molar-refractivity contribution in [2.24, 2.45) is 5.92 Å². The summed E-state index contributed by atoms with van der Waals surface area (Å²) in [5.41, 5.74) is 0. The van der Waals surface area contributed by atoms with Crippen molar-refractivity contribution in [3.8, 4) is 0 Å². The smallest absolute Gasteiger partial charge is 0.300 e. The molecule has 1 fully saturated rings. The Morgan fingerprint density at radius 2 is 2.30 bits per heavy atom. The lowest BCUT2D eigenvalue weighted by Crippen LogP contribution is -2.30. The summed E-state index contributed by atoms with van der Waals surface area (Å²) in [6, 6.07) is 2.90. The summed E-state index contributed by atoms with van der Waals surface area (Å²) in [5, 5.41) is 4.00. The van der Waals surface area contributed by atoms with Gasteiger partial charge in [-0.1, -0.05) is 0 Å². The van der Waals surface area contributed by atoms with Crippen LogP contribution in [0, 0.1) is 5.92 Å². The molecule has 1 saturated carbocycles. The molecule has 0 atom stereocenters. The number of sulfonamides is 1. The molecule has 1 amide bonds. The summed E-state index contributed by atoms with van der Waals surface area (Å²) in [6.45, 7) is 0.710. The van der Waals surface area contributed by atoms with Gasteiger partial charge in [0.1, 0.15) is 4.90 Å². The molecule has 0 unspecified atom stereocenters. The average Bonchev–Trinajstić information content (AvgIpc) is 2.90. The monoisotopic (exact) mass is 295 g/mol. The molecule has 0 radical (unpaired) electrons. The second kappa shape index (κ2) is 4.78. The van der Waals surface area contributed by atoms with Crippen molar-refractivity contribution in [3.05, 3.63) is 36.5 Å². The van der Waals surface area contributed by atoms with Crippen LogP contribution in [0.2, 0.25) is 0 Å². The normalized spacial score (nSPS) is 15.2. The van der Waals surface area contributed by atoms with Crippen LogP contribution in [-0.2, 0) is 16.6 Å². The molecule has 1 N–H and O–H groups in total. The molecule has 8 heteroatoms. The van der Waals surface area contributed by atoms with E-state index in [1.54, 1.807) is 4.68 Å². The largest absolute Gasteiger partial charge is 0.459 e. The third kappa shape index (κ3) is 2.74. The number of carbonyl (C=O) groups excluding carboxylic acids is 1. The van der Waals surface area contributed by atoms with E-state index in [4.69, 9.17) is 4.42 Å². The topological polar surface area (TPSA) is 94.2 Å². The van der Waals surface area contributed by atoms with E-state index in [2.05, 4.69) is 5.10 Å². The first-order chi connectivity index (χ1) is 9.54. The van der Waals surface area contributed by atoms with E-state index in [-0.39, 0.29) is 10.7 Å². The summed E-state index contributed by atoms with van der Waals surface area (Å²) in [6.07, 6.45) is 6.26. The molecule has 0 bridgehead atoms. The molecule has 3 rings (SSSR count). The van der Waals surface area contributed by atoms with Crippen LogP contribution in [0.5, 0.6) is 0 Å². The summed E-state index contributed by atoms with van der Waals surface area (Å²) in [5.74, 6) is -0.271. The van der Waals surface area contributed by atoms with Crippen molar-refractivity contribution in [2.45, 2.75) is 24.3 Å². The number of amides is 1. The van der Waals surface area contributed by atoms with Gasteiger partial charge in [-0.15, -0.1) is 0 Å². The number of furan rings is 1. The number of nitrogens with one attached hydrogen (secondary N) is 1. The van der Waals surface area contributed by atoms with Crippen LogP contribution in [0.4, 0.5) is 0 Å². The van der Waals surface area contributed by atoms with Crippen molar-refractivity contribution in [1.82, 2.24) is 14.5 Å². The minimum absolute atomic E-state index is 0.0296. The highest BCUT2D eigenvalue weighted by Gasteiger charge is 2.25. The maximum absolute atomic E-state index is 12.0. The minimum Gasteiger partial charge on any atom is -0.459 e. The van der Waals surface area contributed by atoms with Gasteiger partial charge in [0.25, 0.3) is 10.0 Å². The first-order valence-corrected chi connectivity index (χ1v) is 7.66. The maximum Gasteiger partial charge on any atom is 0.300 e. The van der Waals surface area contributed by atoms with Crippen LogP contribution < -0.4 is 4.72 Å². The zero-order valence-electron chi connectivity index (χ0n) is 10.5. The summed E-state index contributed by atoms with van der Waals surface area (Å²) < 4.78 is 32.4. The highest BCUT2D eigenvalue weighted by atomic mass is 32.2. The fourth-order valence-corrected chi connectivity index (χ4v) is 2.70. The molecular formula is C12H13N3O4S. The van der Waals surface area contributed by atoms with Gasteiger partial charge in [0, 0.05) is 12.7 Å². The summed E-state index contributed by atoms with van der Waals surface area (Å²) in [4.78, 5) is 11.6. The Hall–Kier alpha value is -2.09. The van der Waals surface area contributed by atoms with E-state index in [9.17, 15) is 13.2 Å². The fraction of sp³-hybridized carbons (Fsp3) is 0.333. The zero-order valence-corrected chi connectivity index (χ0v) is 11.3. The number of carbonyl (C=O) groups is 1. The van der Waals surface area contributed by atoms with Crippen molar-refractivity contribution in [1.29, 1.82) is 0 Å². The second-order valence-corrected chi connectivity index (χ2v) is 6.44. The van der Waals surface area contributed by atoms with E-state index in [1.165, 1.54) is 30.8 Å². The van der Waals surface area contributed by atoms with Crippen LogP contribution in [0.15, 0.2) is 40.1 Å². The van der Waals surface area contributed by atoms with Gasteiger partial charge in [-0.3, -0.25) is 9.48 Å². The van der Waals surface area contributed by atoms with E-state index in [1.807, 2.05) is 4.72 Å². The summed E-state index contributed by atoms with van der Waals surface area (Å²) in [7, 11) is -3.92. The maximum atomic E-state index is 12.0. The van der Waals surface area contributed by atoms with Gasteiger partial charge in [0.15, 0.2) is 5.76 Å². The zero-order chi connectivity index (χ0) is 14.2. The Bertz CT molecular complexity index is 714. The fourth-order valence-electron chi connectivity index (χ4n) is 1.79. The first kappa shape index (κ1) is 12.9. The lowest BCUT2D eigenvalue weighted by Gasteiger charge is -2.02. The predicted octanol–water partition coefficient (Wildman–Crippen LogP) is 1.00. The number of hydrogen-bond donors (Lipinski definition) is 1. The van der Waals surface area contributed by atoms with Gasteiger partial charge in [-0.2, -0.15) is 5.10 Å². The molecule has 2 aromatic heterocycles. The standard InChI is InChI=1S/C12H13N3O4S/c16-12(11-2-1-5-19-11)14-20(17,18)10-6-13-15(8-10)7-9-3-4-9/h1-2,5-6,8-9H,3-4,7H2,(H,14,16). The molecule has 0 aromatic carbocycles. The lowest BCUT2D eigenvalue weighted by molar-refractivity contribution is 0.0954. The van der Waals surface area contributed by atoms with Gasteiger partial charge in [0.05, 0.1) is 12.5 Å². The quantitative estimate of drug-likeness (QED) is 0.888. The van der Waals surface area contributed by atoms with Crippen molar-refractivity contribution in [2.75, 3.05) is 0 Å². The molecule has 2 aromatic rings. The number of nitrogens with zero attached hydrogens (tertiary/aromatic N) is 2. The van der Waals surface area contributed by atoms with Crippen LogP contribution in [0.25, 0.3) is 0 Å². The Kier molecular flexibility index (Phi) is 3.09. The third-order valence-electron chi connectivity index (χ3n) is 3.03. The van der Waals surface area contributed by atoms with Gasteiger partial charge >= 0.3 is 5.91 Å². The number of hydrogen-bond acceptors (Lipinski definition) is 5. The van der Waals surface area contributed by atoms with Gasteiger partial charge < -0.3 is 4.42 Å². The van der Waals surface area contributed by atoms with E-state index < -0.39 is 15.9 Å². The van der Waals surface area contributed by atoms with Gasteiger partial charge in [-0.25, -0.2) is 13.1 Å². The lowest BCUT2D eigenvalue weighted by atomic mass is 10.4. The van der Waals surface area contributed by atoms with Crippen LogP contribution in [-0.4, -0.2) is 24.1 Å². The van der Waals surface area contributed by atoms with Crippen molar-refractivity contribution >= 4 is 15.9 Å². The highest BCUT2D eigenvalue weighted by Crippen LogP contribution is 2.30. The van der Waals surface area contributed by atoms with Crippen LogP contribution in [0.1, 0.15) is 23.4 Å². The Morgan fingerprint density at radius 3 is 2.95 bits per heavy atom. The van der Waals surface area contributed by atoms with Crippen LogP contribution in [0.3, 0.4) is 0 Å². The van der Waals surface area contributed by atoms with Crippen LogP contribution >= 0.6 is 0 Å². The average molecular weight is 295 g/mol. The second-order valence-electron chi connectivity index (χ2n) is 4.75. The van der Waals surface area contributed by atoms with Crippen molar-refractivity contribution < 1.29 is 17.6 Å². The SMILES string of the molecule is O=C(NS(=O)(=O)c1cnn(CC2CC2)c1)c1ccco1. The van der Waals surface area contributed by atoms with E-state index >= 15 is 0 Å². The molecule has 0 saturated heterocycles. The number of aromatic nitrogens is 2. The van der Waals surface area contributed by atoms with Gasteiger partial charge in [0.2, 0.25) is 0 Å². The molecule has 106 valence electrons. The molecule has 7 nitrogen and oxygen atoms in total. The Balaban J connectivity index is 1.73. The Labute approximate surface area is 115 Å². The van der Waals surface area contributed by atoms with E-state index in [0.29, 0.717) is 12.5 Å². The molecule has 0 aliphatic heterocycles. The number of rotatable bonds is 5. The highest BCUT2D eigenvalue weighted by molar-refractivity contribution is 7.90. The molecule has 1 aliphatic rings. The molecule has 0 spiro atoms. The molecular weight excluding hydrogens is 282 g/mol. The van der Waals surface area contributed by atoms with Gasteiger partial charge in [-0.05, 0) is 30.9 Å². The summed E-state index contributed by atoms with van der Waals surface area (Å²) >= 11 is 0. The Morgan fingerprint density at radius 1 is 1.50 bits per heavy atom. The molecule has 1 aliphatic carbocycles. The molecule has 20 heavy (non-hydrogen) atoms. The minimum atomic E-state index is -3.92. The molecule has 2 heterocycles. The first-order valence-electron chi connectivity index (χ1n) is 6.18. The van der Waals surface area contributed by atoms with E-state index in [0.717, 1.165) is 12.8 Å². The predicted molar refractivity (Wildman–Crippen MR) is 68.3 cm³/mol. The van der Waals surface area contributed by atoms with Crippen molar-refractivity contribution in [3.63, 3.8) is 0 Å². The third-order valence-corrected chi connectivity index (χ3v) is 4.32.